The SMILES string of the molecule is CCCOC(=O)OC1CS(O)(O)OC1F. The van der Waals surface area contributed by atoms with Crippen LogP contribution in [0.3, 0.4) is 0 Å². The van der Waals surface area contributed by atoms with Crippen molar-refractivity contribution in [1.82, 2.24) is 0 Å². The first kappa shape index (κ1) is 12.5. The van der Waals surface area contributed by atoms with Gasteiger partial charge in [0.25, 0.3) is 6.36 Å². The van der Waals surface area contributed by atoms with E-state index in [0.717, 1.165) is 0 Å². The van der Waals surface area contributed by atoms with E-state index in [9.17, 15) is 9.18 Å². The van der Waals surface area contributed by atoms with Crippen LogP contribution in [0.4, 0.5) is 9.18 Å². The lowest BCUT2D eigenvalue weighted by atomic mass is 10.4. The molecule has 1 aliphatic heterocycles. The summed E-state index contributed by atoms with van der Waals surface area (Å²) in [7, 11) is -3.42. The number of hydrogen-bond acceptors (Lipinski definition) is 6. The summed E-state index contributed by atoms with van der Waals surface area (Å²) in [6.07, 6.45) is -3.77. The second kappa shape index (κ2) is 4.97. The zero-order chi connectivity index (χ0) is 11.5. The number of hydrogen-bond donors (Lipinski definition) is 2. The van der Waals surface area contributed by atoms with E-state index in [4.69, 9.17) is 9.11 Å². The van der Waals surface area contributed by atoms with Crippen molar-refractivity contribution in [2.24, 2.45) is 0 Å². The third-order valence-electron chi connectivity index (χ3n) is 1.59. The molecule has 15 heavy (non-hydrogen) atoms. The summed E-state index contributed by atoms with van der Waals surface area (Å²) in [5.74, 6) is -0.463. The number of carbonyl (C=O) groups is 1. The molecule has 8 heteroatoms. The molecule has 1 saturated heterocycles. The second-order valence-electron chi connectivity index (χ2n) is 2.98. The summed E-state index contributed by atoms with van der Waals surface area (Å²) in [5, 5.41) is 0. The largest absolute Gasteiger partial charge is 0.508 e. The average Bonchev–Trinajstić information content (AvgIpc) is 2.36. The van der Waals surface area contributed by atoms with Gasteiger partial charge in [0.05, 0.1) is 23.2 Å². The Labute approximate surface area is 87.9 Å². The van der Waals surface area contributed by atoms with Gasteiger partial charge in [-0.3, -0.25) is 4.18 Å². The summed E-state index contributed by atoms with van der Waals surface area (Å²) in [6.45, 7) is 1.96. The number of carbonyl (C=O) groups excluding carboxylic acids is 1. The molecule has 0 amide bonds. The normalized spacial score (nSPS) is 30.9. The van der Waals surface area contributed by atoms with E-state index in [0.29, 0.717) is 6.42 Å². The molecule has 0 aliphatic carbocycles. The molecule has 0 saturated carbocycles. The van der Waals surface area contributed by atoms with Crippen molar-refractivity contribution in [3.8, 4) is 0 Å². The molecule has 2 unspecified atom stereocenters. The first-order valence-electron chi connectivity index (χ1n) is 4.36. The molecule has 1 heterocycles. The lowest BCUT2D eigenvalue weighted by Crippen LogP contribution is -2.26. The van der Waals surface area contributed by atoms with Crippen molar-refractivity contribution < 1.29 is 31.9 Å². The molecule has 0 aromatic carbocycles. The molecular weight excluding hydrogens is 231 g/mol. The molecule has 1 aliphatic rings. The zero-order valence-corrected chi connectivity index (χ0v) is 8.91. The van der Waals surface area contributed by atoms with Crippen LogP contribution in [0, 0.1) is 0 Å². The first-order valence-corrected chi connectivity index (χ1v) is 6.00. The molecule has 0 aromatic rings. The van der Waals surface area contributed by atoms with Crippen LogP contribution in [0.15, 0.2) is 0 Å². The van der Waals surface area contributed by atoms with E-state index in [1.807, 2.05) is 0 Å². The van der Waals surface area contributed by atoms with Crippen molar-refractivity contribution in [3.63, 3.8) is 0 Å². The number of alkyl halides is 1. The molecule has 0 radical (unpaired) electrons. The van der Waals surface area contributed by atoms with E-state index < -0.39 is 35.2 Å². The number of ether oxygens (including phenoxy) is 2. The topological polar surface area (TPSA) is 85.2 Å². The molecule has 90 valence electrons. The molecule has 2 atom stereocenters. The highest BCUT2D eigenvalue weighted by molar-refractivity contribution is 8.20. The molecule has 0 bridgehead atoms. The van der Waals surface area contributed by atoms with Gasteiger partial charge in [-0.15, -0.1) is 0 Å². The smallest absolute Gasteiger partial charge is 0.434 e. The summed E-state index contributed by atoms with van der Waals surface area (Å²) in [5.41, 5.74) is 0. The highest BCUT2D eigenvalue weighted by Crippen LogP contribution is 2.49. The highest BCUT2D eigenvalue weighted by atomic mass is 32.3. The number of rotatable bonds is 3. The summed E-state index contributed by atoms with van der Waals surface area (Å²) in [6, 6.07) is 0. The highest BCUT2D eigenvalue weighted by Gasteiger charge is 2.44. The molecule has 6 nitrogen and oxygen atoms in total. The Bertz CT molecular complexity index is 236. The molecule has 2 N–H and O–H groups in total. The average molecular weight is 244 g/mol. The van der Waals surface area contributed by atoms with Crippen molar-refractivity contribution in [2.75, 3.05) is 12.4 Å². The van der Waals surface area contributed by atoms with E-state index in [1.165, 1.54) is 0 Å². The minimum absolute atomic E-state index is 0.166. The lowest BCUT2D eigenvalue weighted by Gasteiger charge is -2.16. The summed E-state index contributed by atoms with van der Waals surface area (Å²) < 4.78 is 44.0. The van der Waals surface area contributed by atoms with E-state index in [2.05, 4.69) is 13.7 Å². The van der Waals surface area contributed by atoms with Gasteiger partial charge >= 0.3 is 6.16 Å². The zero-order valence-electron chi connectivity index (χ0n) is 8.09. The van der Waals surface area contributed by atoms with Gasteiger partial charge in [0.1, 0.15) is 0 Å². The first-order chi connectivity index (χ1) is 6.94. The Morgan fingerprint density at radius 2 is 2.33 bits per heavy atom. The van der Waals surface area contributed by atoms with Gasteiger partial charge in [-0.2, -0.15) is 0 Å². The molecule has 0 spiro atoms. The Kier molecular flexibility index (Phi) is 4.14. The van der Waals surface area contributed by atoms with Crippen molar-refractivity contribution in [1.29, 1.82) is 0 Å². The molecule has 0 aromatic heterocycles. The van der Waals surface area contributed by atoms with Crippen LogP contribution in [0.2, 0.25) is 0 Å². The fraction of sp³-hybridized carbons (Fsp3) is 0.857. The quantitative estimate of drug-likeness (QED) is 0.737. The Morgan fingerprint density at radius 1 is 1.67 bits per heavy atom. The van der Waals surface area contributed by atoms with Gasteiger partial charge in [-0.25, -0.2) is 9.18 Å². The minimum Gasteiger partial charge on any atom is -0.434 e. The van der Waals surface area contributed by atoms with Gasteiger partial charge in [0.2, 0.25) is 0 Å². The third kappa shape index (κ3) is 3.82. The van der Waals surface area contributed by atoms with Gasteiger partial charge < -0.3 is 18.6 Å². The predicted octanol–water partition coefficient (Wildman–Crippen LogP) is 1.91. The summed E-state index contributed by atoms with van der Waals surface area (Å²) in [4.78, 5) is 10.9. The molecule has 1 fully saturated rings. The van der Waals surface area contributed by atoms with Crippen LogP contribution in [0.25, 0.3) is 0 Å². The monoisotopic (exact) mass is 244 g/mol. The van der Waals surface area contributed by atoms with Gasteiger partial charge in [-0.1, -0.05) is 6.92 Å². The predicted molar refractivity (Wildman–Crippen MR) is 50.2 cm³/mol. The Balaban J connectivity index is 2.36. The van der Waals surface area contributed by atoms with Gasteiger partial charge in [-0.05, 0) is 6.42 Å². The van der Waals surface area contributed by atoms with Crippen LogP contribution in [-0.4, -0.2) is 40.1 Å². The lowest BCUT2D eigenvalue weighted by molar-refractivity contribution is -0.0458. The maximum Gasteiger partial charge on any atom is 0.508 e. The van der Waals surface area contributed by atoms with Crippen molar-refractivity contribution >= 4 is 17.0 Å². The van der Waals surface area contributed by atoms with E-state index in [-0.39, 0.29) is 6.61 Å². The van der Waals surface area contributed by atoms with E-state index >= 15 is 0 Å². The maximum atomic E-state index is 12.9. The van der Waals surface area contributed by atoms with Gasteiger partial charge in [0, 0.05) is 0 Å². The third-order valence-corrected chi connectivity index (χ3v) is 2.85. The van der Waals surface area contributed by atoms with Crippen LogP contribution in [-0.2, 0) is 13.7 Å². The standard InChI is InChI=1S/C7H13FO6S/c1-2-3-12-7(9)13-5-4-15(10,11)14-6(5)8/h5-6,10-11H,2-4H2,1H3. The maximum absolute atomic E-state index is 12.9. The van der Waals surface area contributed by atoms with Gasteiger partial charge in [0.15, 0.2) is 6.10 Å². The van der Waals surface area contributed by atoms with E-state index in [1.54, 1.807) is 6.92 Å². The summed E-state index contributed by atoms with van der Waals surface area (Å²) >= 11 is 0. The minimum atomic E-state index is -3.42. The van der Waals surface area contributed by atoms with Crippen LogP contribution >= 0.6 is 10.9 Å². The Morgan fingerprint density at radius 3 is 2.80 bits per heavy atom. The van der Waals surface area contributed by atoms with Crippen LogP contribution in [0.5, 0.6) is 0 Å². The second-order valence-corrected chi connectivity index (χ2v) is 4.71. The van der Waals surface area contributed by atoms with Crippen LogP contribution in [0.1, 0.15) is 13.3 Å². The Hall–Kier alpha value is -0.570. The fourth-order valence-electron chi connectivity index (χ4n) is 0.969. The molecular formula is C7H13FO6S. The molecule has 1 rings (SSSR count). The van der Waals surface area contributed by atoms with Crippen molar-refractivity contribution in [2.45, 2.75) is 25.8 Å². The number of halogens is 1. The van der Waals surface area contributed by atoms with Crippen molar-refractivity contribution in [3.05, 3.63) is 0 Å². The van der Waals surface area contributed by atoms with Crippen LogP contribution < -0.4 is 0 Å². The fourth-order valence-corrected chi connectivity index (χ4v) is 2.11.